The van der Waals surface area contributed by atoms with Crippen molar-refractivity contribution >= 4 is 32.8 Å². The first-order valence-corrected chi connectivity index (χ1v) is 31.7. The smallest absolute Gasteiger partial charge is 0.333 e. The van der Waals surface area contributed by atoms with Gasteiger partial charge in [-0.05, 0) is 33.1 Å². The van der Waals surface area contributed by atoms with E-state index in [0.717, 1.165) is 38.5 Å². The van der Waals surface area contributed by atoms with Crippen LogP contribution in [-0.4, -0.2) is 76.8 Å². The van der Waals surface area contributed by atoms with Crippen LogP contribution in [-0.2, 0) is 51.5 Å². The van der Waals surface area contributed by atoms with Crippen molar-refractivity contribution in [3.05, 3.63) is 70.7 Å². The molecule has 0 spiro atoms. The van der Waals surface area contributed by atoms with Crippen molar-refractivity contribution < 1.29 is 51.0 Å². The van der Waals surface area contributed by atoms with Crippen molar-refractivity contribution in [1.82, 2.24) is 0 Å². The molecule has 0 heterocycles. The molecule has 0 radical (unpaired) electrons. The normalized spacial score (nSPS) is 13.2. The Bertz CT molecular complexity index is 2080. The van der Waals surface area contributed by atoms with Crippen LogP contribution in [0, 0.1) is 0 Å². The number of rotatable bonds is 49. The molecule has 76 heavy (non-hydrogen) atoms. The first kappa shape index (κ1) is 66.6. The van der Waals surface area contributed by atoms with E-state index in [1.807, 2.05) is 24.3 Å². The lowest BCUT2D eigenvalue weighted by Crippen LogP contribution is -2.31. The Morgan fingerprint density at radius 1 is 0.500 bits per heavy atom. The lowest BCUT2D eigenvalue weighted by Gasteiger charge is -2.27. The van der Waals surface area contributed by atoms with E-state index in [1.54, 1.807) is 13.8 Å². The standard InChI is InChI=1S/C64H104O11S/c1-7-9-11-13-15-17-19-21-23-25-27-29-31-33-35-39-45-70-48-54(74-63(65)52(3)4)50-72-61-57-41-37-38-42-58(57)62(60-47-56(76(67,68)69)43-44-59(60)61)73-51-55(75-64(66)53(5)6)49-71-46-40-36-34-32-30-28-26-24-22-20-18-16-14-12-10-8-2/h37-38,41-43,54-55H,3,5,7-36,39-40,44-51H2,1-2,4,6H3,(H,67,68,69). The summed E-state index contributed by atoms with van der Waals surface area (Å²) in [7, 11) is -4.54. The van der Waals surface area contributed by atoms with Gasteiger partial charge in [-0.1, -0.05) is 250 Å². The molecule has 432 valence electrons. The lowest BCUT2D eigenvalue weighted by atomic mass is 9.90. The number of carbonyl (C=O) groups excluding carboxylic acids is 2. The third-order valence-electron chi connectivity index (χ3n) is 14.5. The summed E-state index contributed by atoms with van der Waals surface area (Å²) in [5.74, 6) is -0.256. The molecular formula is C64H104O11S. The fourth-order valence-corrected chi connectivity index (χ4v) is 10.5. The minimum Gasteiger partial charge on any atom is -0.489 e. The zero-order valence-corrected chi connectivity index (χ0v) is 49.0. The summed E-state index contributed by atoms with van der Waals surface area (Å²) < 4.78 is 72.3. The molecule has 12 heteroatoms. The summed E-state index contributed by atoms with van der Waals surface area (Å²) in [6.45, 7) is 16.4. The van der Waals surface area contributed by atoms with Gasteiger partial charge >= 0.3 is 11.9 Å². The quantitative estimate of drug-likeness (QED) is 0.0293. The molecule has 3 rings (SSSR count). The topological polar surface area (TPSA) is 144 Å². The number of allylic oxidation sites excluding steroid dienone is 2. The number of ether oxygens (including phenoxy) is 6. The minimum absolute atomic E-state index is 0.0425. The molecule has 1 aliphatic rings. The summed E-state index contributed by atoms with van der Waals surface area (Å²) >= 11 is 0. The molecule has 0 amide bonds. The molecule has 0 aliphatic heterocycles. The van der Waals surface area contributed by atoms with Gasteiger partial charge in [-0.3, -0.25) is 4.55 Å². The summed E-state index contributed by atoms with van der Waals surface area (Å²) in [5.41, 5.74) is 1.68. The first-order valence-electron chi connectivity index (χ1n) is 30.2. The largest absolute Gasteiger partial charge is 0.489 e. The number of hydrogen-bond donors (Lipinski definition) is 1. The van der Waals surface area contributed by atoms with Crippen LogP contribution < -0.4 is 9.47 Å². The van der Waals surface area contributed by atoms with Gasteiger partial charge in [-0.25, -0.2) is 9.59 Å². The Balaban J connectivity index is 1.57. The highest BCUT2D eigenvalue weighted by Crippen LogP contribution is 2.45. The molecule has 0 bridgehead atoms. The summed E-state index contributed by atoms with van der Waals surface area (Å²) in [6.07, 6.45) is 41.0. The molecule has 2 aromatic carbocycles. The van der Waals surface area contributed by atoms with Gasteiger partial charge in [0.1, 0.15) is 24.7 Å². The highest BCUT2D eigenvalue weighted by atomic mass is 32.2. The van der Waals surface area contributed by atoms with Crippen molar-refractivity contribution in [3.8, 4) is 11.5 Å². The van der Waals surface area contributed by atoms with Gasteiger partial charge in [0.15, 0.2) is 12.2 Å². The third kappa shape index (κ3) is 28.8. The highest BCUT2D eigenvalue weighted by molar-refractivity contribution is 7.89. The molecular weight excluding hydrogens is 977 g/mol. The van der Waals surface area contributed by atoms with Gasteiger partial charge in [0.25, 0.3) is 10.1 Å². The zero-order valence-electron chi connectivity index (χ0n) is 48.2. The Morgan fingerprint density at radius 2 is 0.816 bits per heavy atom. The second kappa shape index (κ2) is 41.4. The molecule has 0 saturated heterocycles. The van der Waals surface area contributed by atoms with Gasteiger partial charge in [-0.2, -0.15) is 8.42 Å². The van der Waals surface area contributed by atoms with Gasteiger partial charge in [0, 0.05) is 52.7 Å². The van der Waals surface area contributed by atoms with Gasteiger partial charge < -0.3 is 28.4 Å². The zero-order chi connectivity index (χ0) is 55.1. The van der Waals surface area contributed by atoms with Crippen LogP contribution in [0.4, 0.5) is 0 Å². The number of esters is 2. The van der Waals surface area contributed by atoms with Crippen LogP contribution in [0.25, 0.3) is 10.8 Å². The van der Waals surface area contributed by atoms with E-state index in [4.69, 9.17) is 28.4 Å². The monoisotopic (exact) mass is 1080 g/mol. The number of carbonyl (C=O) groups is 2. The van der Waals surface area contributed by atoms with Crippen LogP contribution in [0.5, 0.6) is 11.5 Å². The first-order chi connectivity index (χ1) is 36.9. The predicted octanol–water partition coefficient (Wildman–Crippen LogP) is 17.0. The van der Waals surface area contributed by atoms with E-state index < -0.39 is 34.3 Å². The van der Waals surface area contributed by atoms with Crippen molar-refractivity contribution in [3.63, 3.8) is 0 Å². The Hall–Kier alpha value is -3.71. The van der Waals surface area contributed by atoms with E-state index in [-0.39, 0.29) is 55.3 Å². The average Bonchev–Trinajstić information content (AvgIpc) is 3.40. The van der Waals surface area contributed by atoms with E-state index in [0.29, 0.717) is 46.6 Å². The van der Waals surface area contributed by atoms with Crippen LogP contribution in [0.2, 0.25) is 0 Å². The molecule has 1 aliphatic carbocycles. The van der Waals surface area contributed by atoms with E-state index in [9.17, 15) is 22.6 Å². The molecule has 1 N–H and O–H groups in total. The lowest BCUT2D eigenvalue weighted by molar-refractivity contribution is -0.150. The second-order valence-electron chi connectivity index (χ2n) is 21.7. The average molecular weight is 1080 g/mol. The van der Waals surface area contributed by atoms with Gasteiger partial charge in [0.2, 0.25) is 0 Å². The van der Waals surface area contributed by atoms with Crippen LogP contribution in [0.3, 0.4) is 0 Å². The number of benzene rings is 2. The summed E-state index contributed by atoms with van der Waals surface area (Å²) in [5, 5.41) is 1.32. The van der Waals surface area contributed by atoms with Crippen LogP contribution in [0.15, 0.2) is 59.6 Å². The van der Waals surface area contributed by atoms with Crippen LogP contribution >= 0.6 is 0 Å². The predicted molar refractivity (Wildman–Crippen MR) is 312 cm³/mol. The fourth-order valence-electron chi connectivity index (χ4n) is 9.89. The molecule has 2 atom stereocenters. The number of fused-ring (bicyclic) bond motifs is 2. The maximum atomic E-state index is 12.9. The van der Waals surface area contributed by atoms with Crippen LogP contribution in [0.1, 0.15) is 244 Å². The maximum absolute atomic E-state index is 12.9. The molecule has 2 aromatic rings. The van der Waals surface area contributed by atoms with E-state index >= 15 is 0 Å². The summed E-state index contributed by atoms with van der Waals surface area (Å²) in [6, 6.07) is 7.46. The van der Waals surface area contributed by atoms with Crippen molar-refractivity contribution in [2.45, 2.75) is 258 Å². The minimum atomic E-state index is -4.54. The molecule has 2 unspecified atom stereocenters. The van der Waals surface area contributed by atoms with Crippen molar-refractivity contribution in [1.29, 1.82) is 0 Å². The molecule has 0 fully saturated rings. The molecule has 0 aromatic heterocycles. The van der Waals surface area contributed by atoms with E-state index in [1.165, 1.54) is 173 Å². The van der Waals surface area contributed by atoms with Crippen molar-refractivity contribution in [2.24, 2.45) is 0 Å². The number of hydrogen-bond acceptors (Lipinski definition) is 10. The van der Waals surface area contributed by atoms with Crippen molar-refractivity contribution in [2.75, 3.05) is 39.6 Å². The fraction of sp³-hybridized carbons (Fsp3) is 0.719. The highest BCUT2D eigenvalue weighted by Gasteiger charge is 2.30. The molecule has 11 nitrogen and oxygen atoms in total. The van der Waals surface area contributed by atoms with E-state index in [2.05, 4.69) is 27.0 Å². The number of unbranched alkanes of at least 4 members (excludes halogenated alkanes) is 30. The van der Waals surface area contributed by atoms with Gasteiger partial charge in [0.05, 0.1) is 18.1 Å². The Labute approximate surface area is 461 Å². The summed E-state index contributed by atoms with van der Waals surface area (Å²) in [4.78, 5) is 25.5. The SMILES string of the molecule is C=C(C)C(=O)OC(COCCCCCCCCCCCCCCCCCC)COc1c2c(c(OCC(COCCCCCCCCCCCCCCCCCC)OC(=O)C(=C)C)c3ccccc13)CC(S(=O)(=O)O)=CC2. The second-order valence-corrected chi connectivity index (χ2v) is 23.2. The Morgan fingerprint density at radius 3 is 1.13 bits per heavy atom. The molecule has 0 saturated carbocycles. The maximum Gasteiger partial charge on any atom is 0.333 e. The third-order valence-corrected chi connectivity index (χ3v) is 15.5. The van der Waals surface area contributed by atoms with Gasteiger partial charge in [-0.15, -0.1) is 0 Å². The Kier molecular flexibility index (Phi) is 36.2.